The molecule has 0 unspecified atom stereocenters. The number of ether oxygens (including phenoxy) is 1. The molecule has 6 heteroatoms. The number of nitrogens with zero attached hydrogens (tertiary/aromatic N) is 1. The molecule has 0 radical (unpaired) electrons. The molecule has 1 aliphatic carbocycles. The number of amides is 2. The van der Waals surface area contributed by atoms with Crippen molar-refractivity contribution in [2.75, 3.05) is 13.7 Å². The molecule has 1 saturated carbocycles. The first-order valence-electron chi connectivity index (χ1n) is 6.82. The van der Waals surface area contributed by atoms with Crippen molar-refractivity contribution in [3.05, 3.63) is 23.7 Å². The van der Waals surface area contributed by atoms with Gasteiger partial charge in [-0.2, -0.15) is 0 Å². The molecule has 0 bridgehead atoms. The van der Waals surface area contributed by atoms with E-state index in [0.29, 0.717) is 24.4 Å². The maximum Gasteiger partial charge on any atom is 0.258 e. The van der Waals surface area contributed by atoms with Gasteiger partial charge in [0.05, 0.1) is 17.9 Å². The highest BCUT2D eigenvalue weighted by atomic mass is 16.5. The molecule has 1 aliphatic heterocycles. The highest BCUT2D eigenvalue weighted by Gasteiger charge is 2.41. The Balaban J connectivity index is 1.84. The van der Waals surface area contributed by atoms with Crippen LogP contribution in [0.3, 0.4) is 0 Å². The first kappa shape index (κ1) is 13.2. The van der Waals surface area contributed by atoms with Crippen LogP contribution in [0.1, 0.15) is 41.3 Å². The minimum Gasteiger partial charge on any atom is -0.468 e. The Morgan fingerprint density at radius 2 is 2.20 bits per heavy atom. The third kappa shape index (κ3) is 2.20. The topological polar surface area (TPSA) is 85.8 Å². The van der Waals surface area contributed by atoms with Crippen molar-refractivity contribution in [1.82, 2.24) is 4.90 Å². The zero-order valence-electron chi connectivity index (χ0n) is 11.4. The van der Waals surface area contributed by atoms with Crippen molar-refractivity contribution in [3.8, 4) is 0 Å². The van der Waals surface area contributed by atoms with Gasteiger partial charge in [0, 0.05) is 26.0 Å². The smallest absolute Gasteiger partial charge is 0.258 e. The molecule has 2 heterocycles. The highest BCUT2D eigenvalue weighted by molar-refractivity contribution is 5.98. The average molecular weight is 278 g/mol. The summed E-state index contributed by atoms with van der Waals surface area (Å²) in [5, 5.41) is 0. The highest BCUT2D eigenvalue weighted by Crippen LogP contribution is 2.42. The number of carbonyl (C=O) groups is 2. The van der Waals surface area contributed by atoms with Crippen molar-refractivity contribution in [2.45, 2.75) is 37.3 Å². The van der Waals surface area contributed by atoms with Crippen LogP contribution in [0.2, 0.25) is 0 Å². The zero-order valence-corrected chi connectivity index (χ0v) is 11.4. The van der Waals surface area contributed by atoms with E-state index in [-0.39, 0.29) is 12.0 Å². The second-order valence-corrected chi connectivity index (χ2v) is 5.44. The first-order valence-corrected chi connectivity index (χ1v) is 6.82. The van der Waals surface area contributed by atoms with Crippen molar-refractivity contribution in [3.63, 3.8) is 0 Å². The van der Waals surface area contributed by atoms with Crippen LogP contribution in [0.5, 0.6) is 0 Å². The molecule has 20 heavy (non-hydrogen) atoms. The number of carbonyl (C=O) groups excluding carboxylic acids is 2. The summed E-state index contributed by atoms with van der Waals surface area (Å²) in [7, 11) is 1.57. The van der Waals surface area contributed by atoms with E-state index in [1.807, 2.05) is 0 Å². The largest absolute Gasteiger partial charge is 0.468 e. The summed E-state index contributed by atoms with van der Waals surface area (Å²) >= 11 is 0. The molecule has 1 aromatic rings. The number of furan rings is 1. The van der Waals surface area contributed by atoms with Crippen LogP contribution >= 0.6 is 0 Å². The van der Waals surface area contributed by atoms with Gasteiger partial charge in [0.15, 0.2) is 0 Å². The Morgan fingerprint density at radius 3 is 2.80 bits per heavy atom. The molecular weight excluding hydrogens is 260 g/mol. The molecule has 2 atom stereocenters. The van der Waals surface area contributed by atoms with E-state index in [0.717, 1.165) is 18.6 Å². The van der Waals surface area contributed by atoms with Crippen molar-refractivity contribution in [2.24, 2.45) is 5.73 Å². The van der Waals surface area contributed by atoms with Crippen molar-refractivity contribution < 1.29 is 18.7 Å². The first-order chi connectivity index (χ1) is 9.61. The molecule has 0 aromatic carbocycles. The molecule has 0 spiro atoms. The summed E-state index contributed by atoms with van der Waals surface area (Å²) in [6, 6.07) is 1.07. The van der Waals surface area contributed by atoms with Gasteiger partial charge in [0.25, 0.3) is 5.91 Å². The number of methoxy groups -OCH3 is 1. The molecule has 6 nitrogen and oxygen atoms in total. The van der Waals surface area contributed by atoms with Crippen LogP contribution in [0, 0.1) is 0 Å². The lowest BCUT2D eigenvalue weighted by Crippen LogP contribution is -2.43. The van der Waals surface area contributed by atoms with Gasteiger partial charge < -0.3 is 19.8 Å². The Labute approximate surface area is 116 Å². The van der Waals surface area contributed by atoms with E-state index >= 15 is 0 Å². The number of nitrogens with two attached hydrogens (primary N) is 1. The molecule has 108 valence electrons. The summed E-state index contributed by atoms with van der Waals surface area (Å²) in [6.07, 6.45) is 3.94. The number of likely N-dealkylation sites (tertiary alicyclic amines) is 1. The van der Waals surface area contributed by atoms with Gasteiger partial charge in [0.2, 0.25) is 5.91 Å². The van der Waals surface area contributed by atoms with Gasteiger partial charge in [-0.25, -0.2) is 0 Å². The summed E-state index contributed by atoms with van der Waals surface area (Å²) in [5.74, 6) is 0.397. The third-order valence-electron chi connectivity index (χ3n) is 4.06. The van der Waals surface area contributed by atoms with E-state index < -0.39 is 11.9 Å². The van der Waals surface area contributed by atoms with Crippen LogP contribution in [0.15, 0.2) is 16.7 Å². The fourth-order valence-corrected chi connectivity index (χ4v) is 2.78. The summed E-state index contributed by atoms with van der Waals surface area (Å²) < 4.78 is 10.7. The quantitative estimate of drug-likeness (QED) is 0.885. The van der Waals surface area contributed by atoms with Crippen LogP contribution in [0.25, 0.3) is 0 Å². The SMILES string of the molecule is CO[C@H]1C[C@@H](C(N)=O)N(C(=O)c2ccoc2C2CC2)C1. The second-order valence-electron chi connectivity index (χ2n) is 5.44. The standard InChI is InChI=1S/C14H18N2O4/c1-19-9-6-11(13(15)17)16(7-9)14(18)10-4-5-20-12(10)8-2-3-8/h4-5,8-9,11H,2-3,6-7H2,1H3,(H2,15,17)/t9-,11-/m0/s1. The van der Waals surface area contributed by atoms with Gasteiger partial charge in [-0.05, 0) is 18.9 Å². The fourth-order valence-electron chi connectivity index (χ4n) is 2.78. The van der Waals surface area contributed by atoms with E-state index in [9.17, 15) is 9.59 Å². The van der Waals surface area contributed by atoms with Gasteiger partial charge in [-0.1, -0.05) is 0 Å². The van der Waals surface area contributed by atoms with Crippen molar-refractivity contribution in [1.29, 1.82) is 0 Å². The Hall–Kier alpha value is -1.82. The predicted molar refractivity (Wildman–Crippen MR) is 70.1 cm³/mol. The molecule has 1 saturated heterocycles. The lowest BCUT2D eigenvalue weighted by atomic mass is 10.1. The zero-order chi connectivity index (χ0) is 14.3. The fraction of sp³-hybridized carbons (Fsp3) is 0.571. The number of primary amides is 1. The maximum atomic E-state index is 12.6. The van der Waals surface area contributed by atoms with Crippen LogP contribution in [0.4, 0.5) is 0 Å². The van der Waals surface area contributed by atoms with E-state index in [1.54, 1.807) is 13.2 Å². The average Bonchev–Trinajstić information content (AvgIpc) is 3.01. The van der Waals surface area contributed by atoms with Crippen molar-refractivity contribution >= 4 is 11.8 Å². The Morgan fingerprint density at radius 1 is 1.45 bits per heavy atom. The summed E-state index contributed by atoms with van der Waals surface area (Å²) in [5.41, 5.74) is 5.95. The lowest BCUT2D eigenvalue weighted by Gasteiger charge is -2.21. The molecule has 1 aromatic heterocycles. The minimum atomic E-state index is -0.602. The molecule has 2 amide bonds. The van der Waals surface area contributed by atoms with E-state index in [4.69, 9.17) is 14.9 Å². The lowest BCUT2D eigenvalue weighted by molar-refractivity contribution is -0.121. The monoisotopic (exact) mass is 278 g/mol. The minimum absolute atomic E-state index is 0.146. The predicted octanol–water partition coefficient (Wildman–Crippen LogP) is 0.872. The molecule has 3 rings (SSSR count). The molecule has 2 fully saturated rings. The maximum absolute atomic E-state index is 12.6. The van der Waals surface area contributed by atoms with Crippen LogP contribution in [-0.4, -0.2) is 42.5 Å². The van der Waals surface area contributed by atoms with Gasteiger partial charge in [-0.3, -0.25) is 9.59 Å². The Bertz CT molecular complexity index is 535. The summed E-state index contributed by atoms with van der Waals surface area (Å²) in [4.78, 5) is 25.7. The van der Waals surface area contributed by atoms with Gasteiger partial charge in [0.1, 0.15) is 11.8 Å². The van der Waals surface area contributed by atoms with Gasteiger partial charge in [-0.15, -0.1) is 0 Å². The summed E-state index contributed by atoms with van der Waals surface area (Å²) in [6.45, 7) is 0.387. The van der Waals surface area contributed by atoms with E-state index in [1.165, 1.54) is 11.2 Å². The normalized spacial score (nSPS) is 25.9. The van der Waals surface area contributed by atoms with Crippen LogP contribution < -0.4 is 5.73 Å². The molecular formula is C14H18N2O4. The number of rotatable bonds is 4. The number of hydrogen-bond acceptors (Lipinski definition) is 4. The third-order valence-corrected chi connectivity index (χ3v) is 4.06. The molecule has 2 aliphatic rings. The Kier molecular flexibility index (Phi) is 3.25. The second kappa shape index (κ2) is 4.94. The van der Waals surface area contributed by atoms with Crippen LogP contribution in [-0.2, 0) is 9.53 Å². The van der Waals surface area contributed by atoms with Gasteiger partial charge >= 0.3 is 0 Å². The molecule has 2 N–H and O–H groups in total. The number of hydrogen-bond donors (Lipinski definition) is 1. The van der Waals surface area contributed by atoms with E-state index in [2.05, 4.69) is 0 Å².